The van der Waals surface area contributed by atoms with Crippen molar-refractivity contribution in [3.8, 4) is 5.82 Å². The van der Waals surface area contributed by atoms with Crippen LogP contribution in [0, 0.1) is 6.92 Å². The number of rotatable bonds is 5. The predicted molar refractivity (Wildman–Crippen MR) is 106 cm³/mol. The molecule has 1 fully saturated rings. The van der Waals surface area contributed by atoms with Gasteiger partial charge in [-0.15, -0.1) is 15.3 Å². The Morgan fingerprint density at radius 3 is 2.50 bits per heavy atom. The van der Waals surface area contributed by atoms with Gasteiger partial charge in [-0.1, -0.05) is 17.8 Å². The summed E-state index contributed by atoms with van der Waals surface area (Å²) in [5.74, 6) is 2.47. The van der Waals surface area contributed by atoms with E-state index in [1.807, 2.05) is 34.7 Å². The van der Waals surface area contributed by atoms with Crippen LogP contribution in [-0.2, 0) is 6.42 Å². The number of hydrogen-bond donors (Lipinski definition) is 0. The van der Waals surface area contributed by atoms with Crippen molar-refractivity contribution in [2.24, 2.45) is 0 Å². The lowest BCUT2D eigenvalue weighted by Gasteiger charge is -2.35. The number of aryl methyl sites for hydroxylation is 2. The van der Waals surface area contributed by atoms with Gasteiger partial charge in [0.25, 0.3) is 5.91 Å². The highest BCUT2D eigenvalue weighted by Crippen LogP contribution is 2.19. The van der Waals surface area contributed by atoms with Crippen LogP contribution in [0.3, 0.4) is 0 Å². The predicted octanol–water partition coefficient (Wildman–Crippen LogP) is 1.74. The van der Waals surface area contributed by atoms with Crippen LogP contribution in [-0.4, -0.2) is 66.3 Å². The van der Waals surface area contributed by atoms with E-state index in [0.29, 0.717) is 18.0 Å². The summed E-state index contributed by atoms with van der Waals surface area (Å²) in [5.41, 5.74) is 0.816. The van der Waals surface area contributed by atoms with Crippen LogP contribution >= 0.6 is 11.5 Å². The van der Waals surface area contributed by atoms with Gasteiger partial charge in [0.1, 0.15) is 10.7 Å². The second-order valence-corrected chi connectivity index (χ2v) is 7.43. The smallest absolute Gasteiger partial charge is 0.267 e. The molecule has 0 spiro atoms. The second-order valence-electron chi connectivity index (χ2n) is 6.67. The van der Waals surface area contributed by atoms with Gasteiger partial charge in [-0.05, 0) is 37.0 Å². The van der Waals surface area contributed by atoms with Crippen LogP contribution in [0.2, 0.25) is 0 Å². The minimum Gasteiger partial charge on any atom is -0.352 e. The Labute approximate surface area is 167 Å². The largest absolute Gasteiger partial charge is 0.352 e. The molecule has 0 radical (unpaired) electrons. The fourth-order valence-electron chi connectivity index (χ4n) is 3.29. The van der Waals surface area contributed by atoms with Crippen molar-refractivity contribution < 1.29 is 4.79 Å². The molecular weight excluding hydrogens is 376 g/mol. The molecule has 28 heavy (non-hydrogen) atoms. The molecule has 146 valence electrons. The van der Waals surface area contributed by atoms with Crippen LogP contribution < -0.4 is 4.90 Å². The van der Waals surface area contributed by atoms with Crippen LogP contribution in [0.1, 0.15) is 34.5 Å². The van der Waals surface area contributed by atoms with Gasteiger partial charge in [-0.25, -0.2) is 4.98 Å². The fraction of sp³-hybridized carbons (Fsp3) is 0.444. The van der Waals surface area contributed by atoms with Gasteiger partial charge < -0.3 is 9.80 Å². The molecule has 4 rings (SSSR count). The van der Waals surface area contributed by atoms with E-state index in [9.17, 15) is 4.79 Å². The molecule has 10 heteroatoms. The molecule has 4 heterocycles. The Kier molecular flexibility index (Phi) is 5.29. The first kappa shape index (κ1) is 18.5. The summed E-state index contributed by atoms with van der Waals surface area (Å²) in [5, 5.41) is 12.8. The lowest BCUT2D eigenvalue weighted by molar-refractivity contribution is 0.0750. The van der Waals surface area contributed by atoms with Crippen molar-refractivity contribution in [3.05, 3.63) is 40.9 Å². The Morgan fingerprint density at radius 1 is 1.11 bits per heavy atom. The molecule has 1 saturated heterocycles. The monoisotopic (exact) mass is 398 g/mol. The number of aromatic nitrogens is 6. The Balaban J connectivity index is 1.39. The molecule has 9 nitrogen and oxygen atoms in total. The lowest BCUT2D eigenvalue weighted by Crippen LogP contribution is -2.49. The van der Waals surface area contributed by atoms with Crippen LogP contribution in [0.25, 0.3) is 5.82 Å². The highest BCUT2D eigenvalue weighted by atomic mass is 32.1. The minimum atomic E-state index is 0.0371. The van der Waals surface area contributed by atoms with Crippen LogP contribution in [0.4, 0.5) is 5.82 Å². The van der Waals surface area contributed by atoms with E-state index in [1.165, 1.54) is 11.5 Å². The first-order valence-electron chi connectivity index (χ1n) is 9.37. The van der Waals surface area contributed by atoms with Gasteiger partial charge >= 0.3 is 0 Å². The number of carbonyl (C=O) groups excluding carboxylic acids is 1. The molecule has 1 aliphatic heterocycles. The zero-order valence-electron chi connectivity index (χ0n) is 15.9. The topological polar surface area (TPSA) is 92.9 Å². The maximum absolute atomic E-state index is 12.8. The minimum absolute atomic E-state index is 0.0371. The quantitative estimate of drug-likeness (QED) is 0.646. The van der Waals surface area contributed by atoms with E-state index < -0.39 is 0 Å². The summed E-state index contributed by atoms with van der Waals surface area (Å²) in [6.45, 7) is 6.74. The summed E-state index contributed by atoms with van der Waals surface area (Å²) in [6.07, 6.45) is 5.35. The van der Waals surface area contributed by atoms with Gasteiger partial charge in [0.05, 0.1) is 5.69 Å². The standard InChI is InChI=1S/C18H22N8OS/c1-3-4-14-17(28-23-20-14)18(27)25-11-9-24(10-12-25)15-5-6-16(22-21-15)26-8-7-19-13(26)2/h5-8H,3-4,9-12H2,1-2H3. The molecule has 1 aliphatic rings. The first-order valence-corrected chi connectivity index (χ1v) is 10.1. The number of anilines is 1. The Hall–Kier alpha value is -2.88. The second kappa shape index (κ2) is 8.01. The zero-order chi connectivity index (χ0) is 19.5. The molecule has 1 amide bonds. The van der Waals surface area contributed by atoms with Gasteiger partial charge in [0, 0.05) is 38.6 Å². The van der Waals surface area contributed by atoms with E-state index in [2.05, 4.69) is 36.6 Å². The highest BCUT2D eigenvalue weighted by molar-refractivity contribution is 7.08. The van der Waals surface area contributed by atoms with E-state index >= 15 is 0 Å². The fourth-order valence-corrected chi connectivity index (χ4v) is 3.97. The molecule has 0 atom stereocenters. The third-order valence-corrected chi connectivity index (χ3v) is 5.59. The number of imidazole rings is 1. The molecule has 0 N–H and O–H groups in total. The van der Waals surface area contributed by atoms with Crippen molar-refractivity contribution >= 4 is 23.3 Å². The summed E-state index contributed by atoms with van der Waals surface area (Å²) in [6, 6.07) is 3.90. The van der Waals surface area contributed by atoms with Gasteiger partial charge in [-0.3, -0.25) is 9.36 Å². The normalized spacial score (nSPS) is 14.5. The average molecular weight is 398 g/mol. The molecule has 0 aliphatic carbocycles. The van der Waals surface area contributed by atoms with E-state index in [0.717, 1.165) is 49.1 Å². The summed E-state index contributed by atoms with van der Waals surface area (Å²) in [7, 11) is 0. The average Bonchev–Trinajstić information content (AvgIpc) is 3.37. The van der Waals surface area contributed by atoms with E-state index in [1.54, 1.807) is 6.20 Å². The highest BCUT2D eigenvalue weighted by Gasteiger charge is 2.26. The van der Waals surface area contributed by atoms with Crippen molar-refractivity contribution in [2.45, 2.75) is 26.7 Å². The zero-order valence-corrected chi connectivity index (χ0v) is 16.8. The number of nitrogens with zero attached hydrogens (tertiary/aromatic N) is 8. The molecular formula is C18H22N8OS. The number of amides is 1. The Morgan fingerprint density at radius 2 is 1.86 bits per heavy atom. The first-order chi connectivity index (χ1) is 13.7. The van der Waals surface area contributed by atoms with E-state index in [-0.39, 0.29) is 5.91 Å². The van der Waals surface area contributed by atoms with Crippen molar-refractivity contribution in [3.63, 3.8) is 0 Å². The van der Waals surface area contributed by atoms with Crippen LogP contribution in [0.15, 0.2) is 24.5 Å². The van der Waals surface area contributed by atoms with Crippen LogP contribution in [0.5, 0.6) is 0 Å². The molecule has 0 saturated carbocycles. The number of piperazine rings is 1. The van der Waals surface area contributed by atoms with Gasteiger partial charge in [0.15, 0.2) is 11.6 Å². The molecule has 0 unspecified atom stereocenters. The van der Waals surface area contributed by atoms with Gasteiger partial charge in [0.2, 0.25) is 0 Å². The molecule has 3 aromatic heterocycles. The van der Waals surface area contributed by atoms with Crippen molar-refractivity contribution in [1.29, 1.82) is 0 Å². The van der Waals surface area contributed by atoms with E-state index in [4.69, 9.17) is 0 Å². The maximum atomic E-state index is 12.8. The maximum Gasteiger partial charge on any atom is 0.267 e. The lowest BCUT2D eigenvalue weighted by atomic mass is 10.2. The summed E-state index contributed by atoms with van der Waals surface area (Å²) < 4.78 is 5.86. The summed E-state index contributed by atoms with van der Waals surface area (Å²) in [4.78, 5) is 21.7. The SMILES string of the molecule is CCCc1nnsc1C(=O)N1CCN(c2ccc(-n3ccnc3C)nn2)CC1. The molecule has 0 aromatic carbocycles. The third kappa shape index (κ3) is 3.59. The molecule has 3 aromatic rings. The van der Waals surface area contributed by atoms with Crippen molar-refractivity contribution in [2.75, 3.05) is 31.1 Å². The Bertz CT molecular complexity index is 943. The number of carbonyl (C=O) groups is 1. The summed E-state index contributed by atoms with van der Waals surface area (Å²) >= 11 is 1.19. The third-order valence-electron chi connectivity index (χ3n) is 4.84. The molecule has 0 bridgehead atoms. The van der Waals surface area contributed by atoms with Crippen molar-refractivity contribution in [1.82, 2.24) is 34.2 Å². The van der Waals surface area contributed by atoms with Gasteiger partial charge in [-0.2, -0.15) is 0 Å². The number of hydrogen-bond acceptors (Lipinski definition) is 8.